The van der Waals surface area contributed by atoms with Crippen molar-refractivity contribution < 1.29 is 18.7 Å². The Morgan fingerprint density at radius 2 is 1.92 bits per heavy atom. The predicted octanol–water partition coefficient (Wildman–Crippen LogP) is 4.55. The van der Waals surface area contributed by atoms with Gasteiger partial charge in [0.15, 0.2) is 11.6 Å². The molecule has 1 saturated carbocycles. The van der Waals surface area contributed by atoms with Crippen LogP contribution in [0.3, 0.4) is 0 Å². The standard InChI is InChI=1S/C20H22FNO3/c21-18-10-3-4-11-19(18)24-13-12-20(23)22-15-6-5-9-17(14-15)25-16-7-1-2-8-16/h3-6,9-11,14,16H,1-2,7-8,12-13H2,(H,22,23). The van der Waals surface area contributed by atoms with E-state index in [-0.39, 0.29) is 30.8 Å². The monoisotopic (exact) mass is 343 g/mol. The lowest BCUT2D eigenvalue weighted by molar-refractivity contribution is -0.116. The van der Waals surface area contributed by atoms with Crippen molar-refractivity contribution in [1.82, 2.24) is 0 Å². The highest BCUT2D eigenvalue weighted by atomic mass is 19.1. The van der Waals surface area contributed by atoms with Crippen LogP contribution in [0.5, 0.6) is 11.5 Å². The van der Waals surface area contributed by atoms with Gasteiger partial charge in [-0.05, 0) is 49.9 Å². The number of hydrogen-bond acceptors (Lipinski definition) is 3. The van der Waals surface area contributed by atoms with Crippen molar-refractivity contribution in [3.05, 3.63) is 54.3 Å². The summed E-state index contributed by atoms with van der Waals surface area (Å²) in [5.74, 6) is 0.309. The van der Waals surface area contributed by atoms with Gasteiger partial charge in [0, 0.05) is 11.8 Å². The van der Waals surface area contributed by atoms with Gasteiger partial charge in [-0.1, -0.05) is 18.2 Å². The Morgan fingerprint density at radius 1 is 1.12 bits per heavy atom. The van der Waals surface area contributed by atoms with E-state index in [0.717, 1.165) is 18.6 Å². The molecule has 25 heavy (non-hydrogen) atoms. The summed E-state index contributed by atoms with van der Waals surface area (Å²) in [6.45, 7) is 0.116. The molecule has 0 bridgehead atoms. The molecule has 0 aliphatic heterocycles. The van der Waals surface area contributed by atoms with Gasteiger partial charge < -0.3 is 14.8 Å². The molecule has 0 aromatic heterocycles. The molecule has 1 aliphatic rings. The molecular formula is C20H22FNO3. The molecule has 132 valence electrons. The van der Waals surface area contributed by atoms with Crippen LogP contribution in [0.2, 0.25) is 0 Å². The number of carbonyl (C=O) groups is 1. The number of nitrogens with one attached hydrogen (secondary N) is 1. The van der Waals surface area contributed by atoms with E-state index in [2.05, 4.69) is 5.32 Å². The second-order valence-electron chi connectivity index (χ2n) is 6.13. The topological polar surface area (TPSA) is 47.6 Å². The highest BCUT2D eigenvalue weighted by molar-refractivity contribution is 5.90. The Kier molecular flexibility index (Phi) is 5.88. The molecule has 1 amide bonds. The Labute approximate surface area is 147 Å². The zero-order valence-corrected chi connectivity index (χ0v) is 14.0. The van der Waals surface area contributed by atoms with E-state index in [0.29, 0.717) is 5.69 Å². The average Bonchev–Trinajstić information content (AvgIpc) is 3.10. The SMILES string of the molecule is O=C(CCOc1ccccc1F)Nc1cccc(OC2CCCC2)c1. The summed E-state index contributed by atoms with van der Waals surface area (Å²) in [5, 5.41) is 2.82. The van der Waals surface area contributed by atoms with Crippen LogP contribution in [-0.4, -0.2) is 18.6 Å². The number of hydrogen-bond donors (Lipinski definition) is 1. The first-order valence-electron chi connectivity index (χ1n) is 8.64. The summed E-state index contributed by atoms with van der Waals surface area (Å²) in [4.78, 5) is 12.0. The van der Waals surface area contributed by atoms with Gasteiger partial charge in [0.2, 0.25) is 5.91 Å². The lowest BCUT2D eigenvalue weighted by atomic mass is 10.2. The number of rotatable bonds is 7. The fourth-order valence-electron chi connectivity index (χ4n) is 2.88. The Balaban J connectivity index is 1.46. The largest absolute Gasteiger partial charge is 0.490 e. The van der Waals surface area contributed by atoms with Crippen LogP contribution in [-0.2, 0) is 4.79 Å². The number of anilines is 1. The molecule has 3 rings (SSSR count). The van der Waals surface area contributed by atoms with Crippen molar-refractivity contribution in [3.8, 4) is 11.5 Å². The summed E-state index contributed by atoms with van der Waals surface area (Å²) < 4.78 is 24.7. The van der Waals surface area contributed by atoms with E-state index in [9.17, 15) is 9.18 Å². The lowest BCUT2D eigenvalue weighted by Gasteiger charge is -2.14. The second-order valence-corrected chi connectivity index (χ2v) is 6.13. The van der Waals surface area contributed by atoms with E-state index in [1.54, 1.807) is 12.1 Å². The van der Waals surface area contributed by atoms with Crippen molar-refractivity contribution in [3.63, 3.8) is 0 Å². The Bertz CT molecular complexity index is 714. The summed E-state index contributed by atoms with van der Waals surface area (Å²) >= 11 is 0. The molecule has 0 unspecified atom stereocenters. The van der Waals surface area contributed by atoms with Crippen LogP contribution in [0.4, 0.5) is 10.1 Å². The van der Waals surface area contributed by atoms with Crippen molar-refractivity contribution in [2.24, 2.45) is 0 Å². The van der Waals surface area contributed by atoms with Gasteiger partial charge in [-0.3, -0.25) is 4.79 Å². The number of benzene rings is 2. The molecule has 0 atom stereocenters. The van der Waals surface area contributed by atoms with Crippen LogP contribution >= 0.6 is 0 Å². The van der Waals surface area contributed by atoms with E-state index < -0.39 is 5.82 Å². The van der Waals surface area contributed by atoms with E-state index in [4.69, 9.17) is 9.47 Å². The van der Waals surface area contributed by atoms with Gasteiger partial charge in [0.1, 0.15) is 5.75 Å². The summed E-state index contributed by atoms with van der Waals surface area (Å²) in [6, 6.07) is 13.5. The number of halogens is 1. The smallest absolute Gasteiger partial charge is 0.227 e. The highest BCUT2D eigenvalue weighted by Gasteiger charge is 2.16. The first-order chi connectivity index (χ1) is 12.2. The lowest BCUT2D eigenvalue weighted by Crippen LogP contribution is -2.16. The van der Waals surface area contributed by atoms with Crippen LogP contribution in [0.25, 0.3) is 0 Å². The predicted molar refractivity (Wildman–Crippen MR) is 94.5 cm³/mol. The summed E-state index contributed by atoms with van der Waals surface area (Å²) in [6.07, 6.45) is 5.02. The van der Waals surface area contributed by atoms with Gasteiger partial charge >= 0.3 is 0 Å². The van der Waals surface area contributed by atoms with Crippen molar-refractivity contribution in [2.75, 3.05) is 11.9 Å². The third kappa shape index (κ3) is 5.21. The van der Waals surface area contributed by atoms with Gasteiger partial charge in [-0.25, -0.2) is 4.39 Å². The van der Waals surface area contributed by atoms with Gasteiger partial charge in [-0.15, -0.1) is 0 Å². The fraction of sp³-hybridized carbons (Fsp3) is 0.350. The minimum atomic E-state index is -0.431. The fourth-order valence-corrected chi connectivity index (χ4v) is 2.88. The van der Waals surface area contributed by atoms with Gasteiger partial charge in [-0.2, -0.15) is 0 Å². The third-order valence-corrected chi connectivity index (χ3v) is 4.15. The maximum Gasteiger partial charge on any atom is 0.227 e. The molecule has 1 N–H and O–H groups in total. The zero-order chi connectivity index (χ0) is 17.5. The van der Waals surface area contributed by atoms with E-state index >= 15 is 0 Å². The molecule has 2 aromatic rings. The Hall–Kier alpha value is -2.56. The van der Waals surface area contributed by atoms with E-state index in [1.807, 2.05) is 24.3 Å². The number of para-hydroxylation sites is 1. The molecule has 0 radical (unpaired) electrons. The third-order valence-electron chi connectivity index (χ3n) is 4.15. The highest BCUT2D eigenvalue weighted by Crippen LogP contribution is 2.25. The Morgan fingerprint density at radius 3 is 2.72 bits per heavy atom. The first-order valence-corrected chi connectivity index (χ1v) is 8.64. The normalized spacial score (nSPS) is 14.3. The molecule has 2 aromatic carbocycles. The first kappa shape index (κ1) is 17.3. The van der Waals surface area contributed by atoms with Crippen LogP contribution in [0.1, 0.15) is 32.1 Å². The van der Waals surface area contributed by atoms with Crippen molar-refractivity contribution >= 4 is 11.6 Å². The molecule has 0 spiro atoms. The van der Waals surface area contributed by atoms with E-state index in [1.165, 1.54) is 25.0 Å². The van der Waals surface area contributed by atoms with Crippen molar-refractivity contribution in [1.29, 1.82) is 0 Å². The van der Waals surface area contributed by atoms with Crippen LogP contribution < -0.4 is 14.8 Å². The zero-order valence-electron chi connectivity index (χ0n) is 14.0. The summed E-state index contributed by atoms with van der Waals surface area (Å²) in [7, 11) is 0. The molecule has 0 heterocycles. The number of ether oxygens (including phenoxy) is 2. The summed E-state index contributed by atoms with van der Waals surface area (Å²) in [5.41, 5.74) is 0.686. The molecule has 0 saturated heterocycles. The number of carbonyl (C=O) groups excluding carboxylic acids is 1. The minimum Gasteiger partial charge on any atom is -0.490 e. The maximum atomic E-state index is 13.4. The maximum absolute atomic E-state index is 13.4. The molecule has 1 fully saturated rings. The molecular weight excluding hydrogens is 321 g/mol. The van der Waals surface area contributed by atoms with Crippen LogP contribution in [0.15, 0.2) is 48.5 Å². The van der Waals surface area contributed by atoms with Gasteiger partial charge in [0.05, 0.1) is 19.1 Å². The number of amides is 1. The molecule has 1 aliphatic carbocycles. The van der Waals surface area contributed by atoms with Gasteiger partial charge in [0.25, 0.3) is 0 Å². The second kappa shape index (κ2) is 8.51. The quantitative estimate of drug-likeness (QED) is 0.802. The van der Waals surface area contributed by atoms with Crippen LogP contribution in [0, 0.1) is 5.82 Å². The average molecular weight is 343 g/mol. The molecule has 4 nitrogen and oxygen atoms in total. The van der Waals surface area contributed by atoms with Crippen molar-refractivity contribution in [2.45, 2.75) is 38.2 Å². The molecule has 5 heteroatoms. The minimum absolute atomic E-state index is 0.116.